The molecule has 1 amide bonds. The van der Waals surface area contributed by atoms with Crippen LogP contribution in [-0.2, 0) is 4.79 Å². The molecule has 5 nitrogen and oxygen atoms in total. The third-order valence-electron chi connectivity index (χ3n) is 3.17. The molecule has 0 aliphatic carbocycles. The zero-order chi connectivity index (χ0) is 13.8. The van der Waals surface area contributed by atoms with Crippen molar-refractivity contribution >= 4 is 17.4 Å². The molecule has 1 saturated heterocycles. The number of nitrogens with one attached hydrogen (secondary N) is 1. The number of ketones is 1. The van der Waals surface area contributed by atoms with Gasteiger partial charge in [0.25, 0.3) is 0 Å². The quantitative estimate of drug-likeness (QED) is 0.791. The summed E-state index contributed by atoms with van der Waals surface area (Å²) in [7, 11) is 0. The van der Waals surface area contributed by atoms with E-state index in [0.717, 1.165) is 6.54 Å². The lowest BCUT2D eigenvalue weighted by molar-refractivity contribution is -0.117. The minimum Gasteiger partial charge on any atom is -0.392 e. The number of carbonyl (C=O) groups is 2. The molecule has 5 heteroatoms. The van der Waals surface area contributed by atoms with Gasteiger partial charge in [0, 0.05) is 24.3 Å². The Balaban J connectivity index is 1.91. The Kier molecular flexibility index (Phi) is 4.29. The molecule has 1 unspecified atom stereocenters. The molecule has 0 bridgehead atoms. The van der Waals surface area contributed by atoms with Crippen molar-refractivity contribution in [1.82, 2.24) is 4.90 Å². The Labute approximate surface area is 112 Å². The maximum absolute atomic E-state index is 11.8. The molecule has 1 aliphatic heterocycles. The van der Waals surface area contributed by atoms with Gasteiger partial charge in [-0.1, -0.05) is 12.1 Å². The first-order valence-electron chi connectivity index (χ1n) is 6.36. The maximum atomic E-state index is 11.8. The van der Waals surface area contributed by atoms with Gasteiger partial charge in [0.05, 0.1) is 12.6 Å². The molecule has 0 radical (unpaired) electrons. The normalized spacial score (nSPS) is 19.4. The van der Waals surface area contributed by atoms with E-state index in [2.05, 4.69) is 5.32 Å². The number of anilines is 1. The van der Waals surface area contributed by atoms with Crippen molar-refractivity contribution < 1.29 is 14.7 Å². The number of nitrogens with zero attached hydrogens (tertiary/aromatic N) is 1. The number of hydrogen-bond donors (Lipinski definition) is 2. The molecule has 1 aliphatic rings. The summed E-state index contributed by atoms with van der Waals surface area (Å²) in [6.07, 6.45) is 0.390. The number of aliphatic hydroxyl groups excluding tert-OH is 1. The summed E-state index contributed by atoms with van der Waals surface area (Å²) in [5.41, 5.74) is 1.20. The number of hydrogen-bond acceptors (Lipinski definition) is 4. The smallest absolute Gasteiger partial charge is 0.238 e. The van der Waals surface area contributed by atoms with Crippen molar-refractivity contribution in [3.8, 4) is 0 Å². The molecule has 2 N–H and O–H groups in total. The van der Waals surface area contributed by atoms with Crippen LogP contribution >= 0.6 is 0 Å². The number of aliphatic hydroxyl groups is 1. The molecule has 1 aromatic rings. The molecule has 0 aromatic heterocycles. The van der Waals surface area contributed by atoms with Crippen molar-refractivity contribution in [3.63, 3.8) is 0 Å². The molecule has 0 saturated carbocycles. The van der Waals surface area contributed by atoms with Gasteiger partial charge in [-0.25, -0.2) is 0 Å². The fourth-order valence-corrected chi connectivity index (χ4v) is 2.18. The van der Waals surface area contributed by atoms with Crippen LogP contribution in [0.2, 0.25) is 0 Å². The molecular formula is C14H18N2O3. The summed E-state index contributed by atoms with van der Waals surface area (Å²) in [5.74, 6) is -0.159. The second-order valence-corrected chi connectivity index (χ2v) is 4.86. The summed E-state index contributed by atoms with van der Waals surface area (Å²) < 4.78 is 0. The first-order chi connectivity index (χ1) is 9.04. The van der Waals surface area contributed by atoms with Crippen LogP contribution < -0.4 is 5.32 Å². The van der Waals surface area contributed by atoms with Gasteiger partial charge in [-0.05, 0) is 25.5 Å². The predicted octanol–water partition coefficient (Wildman–Crippen LogP) is 0.894. The Morgan fingerprint density at radius 3 is 2.89 bits per heavy atom. The lowest BCUT2D eigenvalue weighted by atomic mass is 10.1. The summed E-state index contributed by atoms with van der Waals surface area (Å²) in [6, 6.07) is 6.88. The minimum atomic E-state index is -0.325. The SMILES string of the molecule is CC(=O)c1cccc(NC(=O)CN2CCC(O)C2)c1. The average molecular weight is 262 g/mol. The third kappa shape index (κ3) is 3.87. The number of rotatable bonds is 4. The number of amides is 1. The van der Waals surface area contributed by atoms with E-state index >= 15 is 0 Å². The van der Waals surface area contributed by atoms with E-state index in [1.807, 2.05) is 4.90 Å². The van der Waals surface area contributed by atoms with Crippen LogP contribution in [0.4, 0.5) is 5.69 Å². The number of likely N-dealkylation sites (tertiary alicyclic amines) is 1. The van der Waals surface area contributed by atoms with E-state index in [9.17, 15) is 14.7 Å². The summed E-state index contributed by atoms with van der Waals surface area (Å²) in [4.78, 5) is 25.0. The lowest BCUT2D eigenvalue weighted by Gasteiger charge is -2.14. The largest absolute Gasteiger partial charge is 0.392 e. The van der Waals surface area contributed by atoms with Crippen LogP contribution in [0.15, 0.2) is 24.3 Å². The highest BCUT2D eigenvalue weighted by molar-refractivity contribution is 5.97. The fraction of sp³-hybridized carbons (Fsp3) is 0.429. The molecular weight excluding hydrogens is 244 g/mol. The number of β-amino-alcohol motifs (C(OH)–C–C–N with tert-alkyl or cyclic N) is 1. The second-order valence-electron chi connectivity index (χ2n) is 4.86. The Bertz CT molecular complexity index is 487. The van der Waals surface area contributed by atoms with Gasteiger partial charge in [-0.15, -0.1) is 0 Å². The number of carbonyl (C=O) groups excluding carboxylic acids is 2. The van der Waals surface area contributed by atoms with Gasteiger partial charge in [-0.2, -0.15) is 0 Å². The number of Topliss-reactive ketones (excluding diaryl/α,β-unsaturated/α-hetero) is 1. The monoisotopic (exact) mass is 262 g/mol. The van der Waals surface area contributed by atoms with Gasteiger partial charge < -0.3 is 10.4 Å². The topological polar surface area (TPSA) is 69.6 Å². The molecule has 1 fully saturated rings. The lowest BCUT2D eigenvalue weighted by Crippen LogP contribution is -2.32. The summed E-state index contributed by atoms with van der Waals surface area (Å²) >= 11 is 0. The third-order valence-corrected chi connectivity index (χ3v) is 3.17. The van der Waals surface area contributed by atoms with E-state index in [1.165, 1.54) is 6.92 Å². The first kappa shape index (κ1) is 13.7. The van der Waals surface area contributed by atoms with Crippen molar-refractivity contribution in [2.24, 2.45) is 0 Å². The van der Waals surface area contributed by atoms with Crippen molar-refractivity contribution in [2.45, 2.75) is 19.4 Å². The highest BCUT2D eigenvalue weighted by Gasteiger charge is 2.21. The molecule has 1 atom stereocenters. The predicted molar refractivity (Wildman–Crippen MR) is 72.1 cm³/mol. The number of benzene rings is 1. The molecule has 1 heterocycles. The van der Waals surface area contributed by atoms with Gasteiger partial charge in [0.15, 0.2) is 5.78 Å². The maximum Gasteiger partial charge on any atom is 0.238 e. The van der Waals surface area contributed by atoms with Crippen molar-refractivity contribution in [2.75, 3.05) is 25.0 Å². The molecule has 2 rings (SSSR count). The van der Waals surface area contributed by atoms with E-state index < -0.39 is 0 Å². The van der Waals surface area contributed by atoms with Crippen LogP contribution in [0.3, 0.4) is 0 Å². The van der Waals surface area contributed by atoms with Gasteiger partial charge in [0.1, 0.15) is 0 Å². The Morgan fingerprint density at radius 2 is 2.26 bits per heavy atom. The average Bonchev–Trinajstić information content (AvgIpc) is 2.74. The summed E-state index contributed by atoms with van der Waals surface area (Å²) in [5, 5.41) is 12.2. The van der Waals surface area contributed by atoms with Crippen molar-refractivity contribution in [1.29, 1.82) is 0 Å². The van der Waals surface area contributed by atoms with Gasteiger partial charge in [0.2, 0.25) is 5.91 Å². The van der Waals surface area contributed by atoms with Crippen LogP contribution in [0, 0.1) is 0 Å². The Morgan fingerprint density at radius 1 is 1.47 bits per heavy atom. The van der Waals surface area contributed by atoms with E-state index in [0.29, 0.717) is 24.2 Å². The standard InChI is InChI=1S/C14H18N2O3/c1-10(17)11-3-2-4-12(7-11)15-14(19)9-16-6-5-13(18)8-16/h2-4,7,13,18H,5-6,8-9H2,1H3,(H,15,19). The molecule has 19 heavy (non-hydrogen) atoms. The van der Waals surface area contributed by atoms with Crippen LogP contribution in [0.5, 0.6) is 0 Å². The fourth-order valence-electron chi connectivity index (χ4n) is 2.18. The zero-order valence-corrected chi connectivity index (χ0v) is 10.9. The summed E-state index contributed by atoms with van der Waals surface area (Å²) in [6.45, 7) is 3.04. The van der Waals surface area contributed by atoms with Crippen LogP contribution in [0.1, 0.15) is 23.7 Å². The highest BCUT2D eigenvalue weighted by Crippen LogP contribution is 2.12. The molecule has 0 spiro atoms. The highest BCUT2D eigenvalue weighted by atomic mass is 16.3. The zero-order valence-electron chi connectivity index (χ0n) is 10.9. The van der Waals surface area contributed by atoms with Gasteiger partial charge >= 0.3 is 0 Å². The Hall–Kier alpha value is -1.72. The van der Waals surface area contributed by atoms with Crippen LogP contribution in [0.25, 0.3) is 0 Å². The van der Waals surface area contributed by atoms with Crippen molar-refractivity contribution in [3.05, 3.63) is 29.8 Å². The van der Waals surface area contributed by atoms with E-state index in [4.69, 9.17) is 0 Å². The minimum absolute atomic E-state index is 0.0289. The second kappa shape index (κ2) is 5.95. The van der Waals surface area contributed by atoms with E-state index in [1.54, 1.807) is 24.3 Å². The van der Waals surface area contributed by atoms with Gasteiger partial charge in [-0.3, -0.25) is 14.5 Å². The molecule has 1 aromatic carbocycles. The van der Waals surface area contributed by atoms with E-state index in [-0.39, 0.29) is 24.3 Å². The molecule has 102 valence electrons. The first-order valence-corrected chi connectivity index (χ1v) is 6.36. The van der Waals surface area contributed by atoms with Crippen LogP contribution in [-0.4, -0.2) is 47.4 Å².